The molecule has 0 saturated carbocycles. The van der Waals surface area contributed by atoms with Crippen LogP contribution in [0.1, 0.15) is 39.5 Å². The summed E-state index contributed by atoms with van der Waals surface area (Å²) in [6.07, 6.45) is 3.58. The van der Waals surface area contributed by atoms with E-state index in [-0.39, 0.29) is 4.90 Å². The summed E-state index contributed by atoms with van der Waals surface area (Å²) in [6.45, 7) is 5.17. The van der Waals surface area contributed by atoms with Crippen LogP contribution in [0.15, 0.2) is 29.2 Å². The van der Waals surface area contributed by atoms with Gasteiger partial charge in [0.25, 0.3) is 10.0 Å². The van der Waals surface area contributed by atoms with Gasteiger partial charge in [-0.25, -0.2) is 17.9 Å². The Morgan fingerprint density at radius 3 is 2.05 bits per heavy atom. The molecule has 0 fully saturated rings. The molecule has 124 valence electrons. The largest absolute Gasteiger partial charge is 0.399 e. The van der Waals surface area contributed by atoms with Gasteiger partial charge >= 0.3 is 6.03 Å². The van der Waals surface area contributed by atoms with Crippen molar-refractivity contribution in [3.63, 3.8) is 0 Å². The summed E-state index contributed by atoms with van der Waals surface area (Å²) < 4.78 is 26.5. The van der Waals surface area contributed by atoms with Gasteiger partial charge in [0.1, 0.15) is 0 Å². The maximum atomic E-state index is 12.2. The summed E-state index contributed by atoms with van der Waals surface area (Å²) in [5.41, 5.74) is 6.01. The standard InChI is InChI=1S/C15H25N3O3S/c1-3-5-11-18(12-6-4-2)15(19)17-22(20,21)14-9-7-13(16)8-10-14/h7-10H,3-6,11-12,16H2,1-2H3,(H,17,19). The number of unbranched alkanes of at least 4 members (excludes halogenated alkanes) is 2. The number of sulfonamides is 1. The average Bonchev–Trinajstić information content (AvgIpc) is 2.47. The second-order valence-corrected chi connectivity index (χ2v) is 6.86. The Bertz CT molecular complexity index is 562. The van der Waals surface area contributed by atoms with Crippen molar-refractivity contribution >= 4 is 21.7 Å². The number of carbonyl (C=O) groups is 1. The zero-order valence-corrected chi connectivity index (χ0v) is 14.0. The van der Waals surface area contributed by atoms with Gasteiger partial charge < -0.3 is 10.6 Å². The molecule has 0 aliphatic rings. The molecule has 0 unspecified atom stereocenters. The smallest absolute Gasteiger partial charge is 0.331 e. The SMILES string of the molecule is CCCCN(CCCC)C(=O)NS(=O)(=O)c1ccc(N)cc1. The van der Waals surface area contributed by atoms with Crippen LogP contribution in [0.2, 0.25) is 0 Å². The van der Waals surface area contributed by atoms with Crippen LogP contribution in [0.3, 0.4) is 0 Å². The summed E-state index contributed by atoms with van der Waals surface area (Å²) in [5, 5.41) is 0. The van der Waals surface area contributed by atoms with E-state index < -0.39 is 16.1 Å². The Morgan fingerprint density at radius 1 is 1.09 bits per heavy atom. The molecule has 1 rings (SSSR count). The van der Waals surface area contributed by atoms with Crippen LogP contribution in [0.5, 0.6) is 0 Å². The predicted octanol–water partition coefficient (Wildman–Crippen LogP) is 2.57. The molecule has 3 N–H and O–H groups in total. The molecule has 22 heavy (non-hydrogen) atoms. The maximum absolute atomic E-state index is 12.2. The van der Waals surface area contributed by atoms with Gasteiger partial charge in [-0.3, -0.25) is 0 Å². The number of nitrogens with zero attached hydrogens (tertiary/aromatic N) is 1. The van der Waals surface area contributed by atoms with E-state index in [1.807, 2.05) is 13.8 Å². The Hall–Kier alpha value is -1.76. The summed E-state index contributed by atoms with van der Waals surface area (Å²) in [6, 6.07) is 5.18. The molecule has 0 atom stereocenters. The summed E-state index contributed by atoms with van der Waals surface area (Å²) in [5.74, 6) is 0. The van der Waals surface area contributed by atoms with Gasteiger partial charge in [0.2, 0.25) is 0 Å². The molecular weight excluding hydrogens is 302 g/mol. The predicted molar refractivity (Wildman–Crippen MR) is 88.0 cm³/mol. The van der Waals surface area contributed by atoms with Crippen molar-refractivity contribution in [2.24, 2.45) is 0 Å². The summed E-state index contributed by atoms with van der Waals surface area (Å²) in [7, 11) is -3.87. The zero-order valence-electron chi connectivity index (χ0n) is 13.2. The van der Waals surface area contributed by atoms with E-state index in [9.17, 15) is 13.2 Å². The lowest BCUT2D eigenvalue weighted by atomic mass is 10.3. The third kappa shape index (κ3) is 5.55. The van der Waals surface area contributed by atoms with E-state index in [2.05, 4.69) is 4.72 Å². The fourth-order valence-electron chi connectivity index (χ4n) is 1.90. The number of nitrogens with two attached hydrogens (primary N) is 1. The molecule has 0 aliphatic carbocycles. The topological polar surface area (TPSA) is 92.5 Å². The fourth-order valence-corrected chi connectivity index (χ4v) is 2.87. The Morgan fingerprint density at radius 2 is 1.59 bits per heavy atom. The van der Waals surface area contributed by atoms with Gasteiger partial charge in [-0.1, -0.05) is 26.7 Å². The quantitative estimate of drug-likeness (QED) is 0.718. The molecule has 0 aliphatic heterocycles. The number of urea groups is 1. The van der Waals surface area contributed by atoms with Gasteiger partial charge in [-0.2, -0.15) is 0 Å². The van der Waals surface area contributed by atoms with Crippen LogP contribution in [-0.2, 0) is 10.0 Å². The molecule has 6 nitrogen and oxygen atoms in total. The van der Waals surface area contributed by atoms with E-state index in [4.69, 9.17) is 5.73 Å². The second kappa shape index (κ2) is 8.63. The van der Waals surface area contributed by atoms with Gasteiger partial charge in [-0.05, 0) is 37.1 Å². The first-order valence-electron chi connectivity index (χ1n) is 7.58. The lowest BCUT2D eigenvalue weighted by Gasteiger charge is -2.22. The monoisotopic (exact) mass is 327 g/mol. The fraction of sp³-hybridized carbons (Fsp3) is 0.533. The Kier molecular flexibility index (Phi) is 7.17. The molecule has 1 aromatic carbocycles. The highest BCUT2D eigenvalue weighted by Crippen LogP contribution is 2.12. The van der Waals surface area contributed by atoms with Crippen LogP contribution < -0.4 is 10.5 Å². The minimum Gasteiger partial charge on any atom is -0.399 e. The third-order valence-corrected chi connectivity index (χ3v) is 4.60. The van der Waals surface area contributed by atoms with Crippen LogP contribution >= 0.6 is 0 Å². The number of hydrogen-bond acceptors (Lipinski definition) is 4. The lowest BCUT2D eigenvalue weighted by Crippen LogP contribution is -2.43. The van der Waals surface area contributed by atoms with Crippen LogP contribution in [0, 0.1) is 0 Å². The highest BCUT2D eigenvalue weighted by Gasteiger charge is 2.21. The van der Waals surface area contributed by atoms with Crippen LogP contribution in [0.25, 0.3) is 0 Å². The van der Waals surface area contributed by atoms with Crippen molar-refractivity contribution in [2.45, 2.75) is 44.4 Å². The van der Waals surface area contributed by atoms with Crippen molar-refractivity contribution in [2.75, 3.05) is 18.8 Å². The number of nitrogen functional groups attached to an aromatic ring is 1. The van der Waals surface area contributed by atoms with E-state index in [0.29, 0.717) is 18.8 Å². The molecule has 0 spiro atoms. The number of hydrogen-bond donors (Lipinski definition) is 2. The molecular formula is C15H25N3O3S. The average molecular weight is 327 g/mol. The van der Waals surface area contributed by atoms with E-state index in [0.717, 1.165) is 25.7 Å². The third-order valence-electron chi connectivity index (χ3n) is 3.26. The summed E-state index contributed by atoms with van der Waals surface area (Å²) in [4.78, 5) is 13.8. The van der Waals surface area contributed by atoms with Gasteiger partial charge in [-0.15, -0.1) is 0 Å². The summed E-state index contributed by atoms with van der Waals surface area (Å²) >= 11 is 0. The van der Waals surface area contributed by atoms with Gasteiger partial charge in [0, 0.05) is 18.8 Å². The molecule has 1 aromatic rings. The van der Waals surface area contributed by atoms with Crippen molar-refractivity contribution in [3.8, 4) is 0 Å². The molecule has 0 saturated heterocycles. The Labute approximate surface area is 132 Å². The molecule has 2 amide bonds. The Balaban J connectivity index is 2.79. The molecule has 0 aromatic heterocycles. The highest BCUT2D eigenvalue weighted by molar-refractivity contribution is 7.90. The van der Waals surface area contributed by atoms with Gasteiger partial charge in [0.05, 0.1) is 4.90 Å². The molecule has 7 heteroatoms. The molecule has 0 bridgehead atoms. The number of rotatable bonds is 8. The lowest BCUT2D eigenvalue weighted by molar-refractivity contribution is 0.202. The number of amides is 2. The van der Waals surface area contributed by atoms with Crippen LogP contribution in [-0.4, -0.2) is 32.4 Å². The normalized spacial score (nSPS) is 11.2. The minimum atomic E-state index is -3.87. The number of nitrogens with one attached hydrogen (secondary N) is 1. The number of anilines is 1. The van der Waals surface area contributed by atoms with Crippen molar-refractivity contribution in [1.82, 2.24) is 9.62 Å². The number of carbonyl (C=O) groups excluding carboxylic acids is 1. The highest BCUT2D eigenvalue weighted by atomic mass is 32.2. The van der Waals surface area contributed by atoms with E-state index >= 15 is 0 Å². The van der Waals surface area contributed by atoms with Crippen molar-refractivity contribution in [1.29, 1.82) is 0 Å². The van der Waals surface area contributed by atoms with E-state index in [1.165, 1.54) is 24.3 Å². The first kappa shape index (κ1) is 18.3. The first-order chi connectivity index (χ1) is 10.4. The minimum absolute atomic E-state index is 0.0287. The molecule has 0 heterocycles. The maximum Gasteiger partial charge on any atom is 0.331 e. The van der Waals surface area contributed by atoms with Gasteiger partial charge in [0.15, 0.2) is 0 Å². The van der Waals surface area contributed by atoms with Crippen LogP contribution in [0.4, 0.5) is 10.5 Å². The van der Waals surface area contributed by atoms with E-state index in [1.54, 1.807) is 4.90 Å². The molecule has 0 radical (unpaired) electrons. The first-order valence-corrected chi connectivity index (χ1v) is 9.06. The van der Waals surface area contributed by atoms with Crippen molar-refractivity contribution in [3.05, 3.63) is 24.3 Å². The van der Waals surface area contributed by atoms with Crippen molar-refractivity contribution < 1.29 is 13.2 Å². The second-order valence-electron chi connectivity index (χ2n) is 5.17. The number of benzene rings is 1. The zero-order chi connectivity index (χ0) is 16.6.